The van der Waals surface area contributed by atoms with Gasteiger partial charge < -0.3 is 0 Å². The van der Waals surface area contributed by atoms with Crippen molar-refractivity contribution >= 4 is 51.5 Å². The zero-order valence-corrected chi connectivity index (χ0v) is 18.7. The number of sulfone groups is 2. The van der Waals surface area contributed by atoms with Crippen molar-refractivity contribution in [1.29, 1.82) is 0 Å². The van der Waals surface area contributed by atoms with E-state index in [0.29, 0.717) is 12.2 Å². The maximum Gasteiger partial charge on any atom is 0.461 e. The molecule has 0 aromatic heterocycles. The van der Waals surface area contributed by atoms with Gasteiger partial charge in [-0.25, -0.2) is 16.8 Å². The highest BCUT2D eigenvalue weighted by Gasteiger charge is 2.79. The van der Waals surface area contributed by atoms with Gasteiger partial charge in [-0.1, -0.05) is 38.8 Å². The Bertz CT molecular complexity index is 908. The lowest BCUT2D eigenvalue weighted by Gasteiger charge is -2.34. The van der Waals surface area contributed by atoms with Crippen molar-refractivity contribution in [2.24, 2.45) is 0 Å². The molecule has 1 radical (unpaired) electrons. The summed E-state index contributed by atoms with van der Waals surface area (Å²) in [5.74, 6) is -7.33. The minimum absolute atomic E-state index is 0.324. The third-order valence-electron chi connectivity index (χ3n) is 3.94. The van der Waals surface area contributed by atoms with Crippen molar-refractivity contribution in [3.05, 3.63) is 28.0 Å². The Hall–Kier alpha value is -0.150. The van der Waals surface area contributed by atoms with E-state index in [0.717, 1.165) is 13.3 Å². The van der Waals surface area contributed by atoms with Crippen molar-refractivity contribution < 1.29 is 47.6 Å². The van der Waals surface area contributed by atoms with Gasteiger partial charge in [0.2, 0.25) is 9.84 Å². The molecule has 0 heterocycles. The molecule has 1 rings (SSSR count). The van der Waals surface area contributed by atoms with E-state index in [1.165, 1.54) is 6.92 Å². The van der Waals surface area contributed by atoms with Crippen molar-refractivity contribution in [3.63, 3.8) is 0 Å². The summed E-state index contributed by atoms with van der Waals surface area (Å²) in [6.07, 6.45) is -5.08. The van der Waals surface area contributed by atoms with Gasteiger partial charge in [0.15, 0.2) is 9.84 Å². The zero-order chi connectivity index (χ0) is 22.6. The molecule has 0 fully saturated rings. The Morgan fingerprint density at radius 3 is 1.93 bits per heavy atom. The molecule has 2 unspecified atom stereocenters. The van der Waals surface area contributed by atoms with Crippen LogP contribution in [0.15, 0.2) is 21.5 Å². The third-order valence-corrected chi connectivity index (χ3v) is 9.90. The van der Waals surface area contributed by atoms with E-state index in [1.54, 1.807) is 0 Å². The lowest BCUT2D eigenvalue weighted by Crippen LogP contribution is -2.56. The van der Waals surface area contributed by atoms with E-state index in [1.807, 2.05) is 0 Å². The summed E-state index contributed by atoms with van der Waals surface area (Å²) in [6, 6.07) is 0. The minimum Gasteiger partial charge on any atom is -0.229 e. The zero-order valence-electron chi connectivity index (χ0n) is 13.9. The summed E-state index contributed by atoms with van der Waals surface area (Å²) in [5, 5.41) is -8.03. The molecule has 0 spiro atoms. The molecule has 28 heavy (non-hydrogen) atoms. The van der Waals surface area contributed by atoms with Gasteiger partial charge in [0, 0.05) is 16.7 Å². The first-order chi connectivity index (χ1) is 12.2. The van der Waals surface area contributed by atoms with Crippen molar-refractivity contribution in [2.75, 3.05) is 5.75 Å². The Morgan fingerprint density at radius 1 is 1.07 bits per heavy atom. The number of alkyl halides is 8. The monoisotopic (exact) mass is 587 g/mol. The highest BCUT2D eigenvalue weighted by molar-refractivity contribution is 9.12. The van der Waals surface area contributed by atoms with Crippen LogP contribution in [0.25, 0.3) is 0 Å². The highest BCUT2D eigenvalue weighted by Crippen LogP contribution is 2.52. The maximum atomic E-state index is 13.9. The van der Waals surface area contributed by atoms with Crippen LogP contribution in [0.3, 0.4) is 0 Å². The second-order valence-electron chi connectivity index (χ2n) is 5.73. The molecule has 15 heteroatoms. The third kappa shape index (κ3) is 4.17. The molecule has 0 amide bonds. The summed E-state index contributed by atoms with van der Waals surface area (Å²) in [7, 11) is -10.5. The molecular weight excluding hydrogens is 577 g/mol. The van der Waals surface area contributed by atoms with E-state index in [-0.39, 0.29) is 4.48 Å². The Labute approximate surface area is 173 Å². The van der Waals surface area contributed by atoms with Crippen molar-refractivity contribution in [1.82, 2.24) is 0 Å². The second kappa shape index (κ2) is 7.52. The summed E-state index contributed by atoms with van der Waals surface area (Å²) >= 11 is 5.60. The molecule has 0 N–H and O–H groups in total. The predicted molar refractivity (Wildman–Crippen MR) is 94.8 cm³/mol. The topological polar surface area (TPSA) is 68.3 Å². The van der Waals surface area contributed by atoms with Crippen LogP contribution < -0.4 is 0 Å². The van der Waals surface area contributed by atoms with Crippen LogP contribution in [0.2, 0.25) is 0 Å². The molecular formula is C13H12Br2F7O4S2. The van der Waals surface area contributed by atoms with Gasteiger partial charge >= 0.3 is 17.4 Å². The normalized spacial score (nSPS) is 23.8. The molecule has 2 atom stereocenters. The van der Waals surface area contributed by atoms with Crippen LogP contribution in [0.4, 0.5) is 30.7 Å². The van der Waals surface area contributed by atoms with Crippen LogP contribution in [0.5, 0.6) is 0 Å². The minimum atomic E-state index is -6.89. The first-order valence-electron chi connectivity index (χ1n) is 7.11. The molecule has 163 valence electrons. The molecule has 1 aliphatic rings. The average Bonchev–Trinajstić information content (AvgIpc) is 2.51. The lowest BCUT2D eigenvalue weighted by atomic mass is 9.97. The second-order valence-corrected chi connectivity index (χ2v) is 12.6. The molecule has 0 bridgehead atoms. The van der Waals surface area contributed by atoms with Gasteiger partial charge in [-0.2, -0.15) is 30.7 Å². The van der Waals surface area contributed by atoms with E-state index in [2.05, 4.69) is 31.9 Å². The molecule has 0 saturated carbocycles. The molecule has 4 nitrogen and oxygen atoms in total. The standard InChI is InChI=1S/C13H12Br2F7O4S2/c1-3-27(23,24)7(2)10(15)5-8(14)4-9(6-10)28(25,26)13(21,22)11(16,17)12(18,19)20/h4-7H,3H2,1-2H3. The smallest absolute Gasteiger partial charge is 0.229 e. The fraction of sp³-hybridized carbons (Fsp3) is 0.615. The fourth-order valence-corrected chi connectivity index (χ4v) is 7.24. The molecule has 1 aliphatic carbocycles. The Kier molecular flexibility index (Phi) is 6.95. The number of hydrogen-bond donors (Lipinski definition) is 0. The SMILES string of the molecule is CCS(=O)(=O)C(C)C1(Br)[CH]C(Br)=CC(S(=O)(=O)C(F)(F)C(F)(F)C(F)(F)F)=C1. The number of halogens is 9. The highest BCUT2D eigenvalue weighted by atomic mass is 79.9. The van der Waals surface area contributed by atoms with Gasteiger partial charge in [0.05, 0.1) is 14.5 Å². The molecule has 0 aliphatic heterocycles. The Balaban J connectivity index is 3.66. The number of allylic oxidation sites excluding steroid dienone is 3. The first kappa shape index (κ1) is 25.9. The summed E-state index contributed by atoms with van der Waals surface area (Å²) in [5.41, 5.74) is 0. The fourth-order valence-electron chi connectivity index (χ4n) is 2.09. The van der Waals surface area contributed by atoms with E-state index >= 15 is 0 Å². The number of hydrogen-bond acceptors (Lipinski definition) is 4. The Morgan fingerprint density at radius 2 is 1.54 bits per heavy atom. The van der Waals surface area contributed by atoms with Gasteiger partial charge in [-0.3, -0.25) is 0 Å². The van der Waals surface area contributed by atoms with E-state index in [4.69, 9.17) is 0 Å². The van der Waals surface area contributed by atoms with Gasteiger partial charge in [0.25, 0.3) is 0 Å². The largest absolute Gasteiger partial charge is 0.461 e. The van der Waals surface area contributed by atoms with Gasteiger partial charge in [0.1, 0.15) is 0 Å². The molecule has 0 aromatic carbocycles. The maximum absolute atomic E-state index is 13.9. The van der Waals surface area contributed by atoms with Crippen LogP contribution in [0.1, 0.15) is 13.8 Å². The van der Waals surface area contributed by atoms with Crippen LogP contribution in [-0.4, -0.2) is 49.5 Å². The number of rotatable bonds is 6. The van der Waals surface area contributed by atoms with Gasteiger partial charge in [-0.05, 0) is 19.1 Å². The lowest BCUT2D eigenvalue weighted by molar-refractivity contribution is -0.331. The summed E-state index contributed by atoms with van der Waals surface area (Å²) < 4.78 is 137. The van der Waals surface area contributed by atoms with Crippen molar-refractivity contribution in [2.45, 2.75) is 40.8 Å². The quantitative estimate of drug-likeness (QED) is 0.338. The van der Waals surface area contributed by atoms with Crippen molar-refractivity contribution in [3.8, 4) is 0 Å². The molecule has 0 saturated heterocycles. The van der Waals surface area contributed by atoms with E-state index < -0.39 is 57.3 Å². The van der Waals surface area contributed by atoms with Crippen LogP contribution >= 0.6 is 31.9 Å². The van der Waals surface area contributed by atoms with Crippen LogP contribution in [-0.2, 0) is 19.7 Å². The summed E-state index contributed by atoms with van der Waals surface area (Å²) in [4.78, 5) is -1.61. The summed E-state index contributed by atoms with van der Waals surface area (Å²) in [6.45, 7) is 2.33. The predicted octanol–water partition coefficient (Wildman–Crippen LogP) is 4.53. The van der Waals surface area contributed by atoms with Gasteiger partial charge in [-0.15, -0.1) is 0 Å². The average molecular weight is 589 g/mol. The van der Waals surface area contributed by atoms with Crippen LogP contribution in [0, 0.1) is 6.42 Å². The molecule has 0 aromatic rings. The first-order valence-corrected chi connectivity index (χ1v) is 11.9. The van der Waals surface area contributed by atoms with E-state index in [9.17, 15) is 47.6 Å².